The van der Waals surface area contributed by atoms with Gasteiger partial charge in [0.25, 0.3) is 0 Å². The first kappa shape index (κ1) is 5.10. The predicted octanol–water partition coefficient (Wildman–Crippen LogP) is 0.482. The molecule has 1 nitrogen and oxygen atoms in total. The predicted molar refractivity (Wildman–Crippen MR) is 26.8 cm³/mol. The highest BCUT2D eigenvalue weighted by atomic mass is 14.4. The molecule has 0 heterocycles. The number of hydrogen-bond acceptors (Lipinski definition) is 1. The van der Waals surface area contributed by atoms with E-state index in [4.69, 9.17) is 5.73 Å². The van der Waals surface area contributed by atoms with Crippen LogP contribution in [0.4, 0.5) is 0 Å². The van der Waals surface area contributed by atoms with Crippen molar-refractivity contribution in [1.29, 1.82) is 0 Å². The largest absolute Gasteiger partial charge is 0.359 e. The maximum absolute atomic E-state index is 4.80. The lowest BCUT2D eigenvalue weighted by atomic mass is 10.5. The Labute approximate surface area is 37.8 Å². The standard InChI is InChI=1S/C5H7N/c1-2-3-4-5-6/h2-3H,6H2,1H3. The SMILES string of the molecule is CC=CC#CN. The van der Waals surface area contributed by atoms with Crippen molar-refractivity contribution in [3.8, 4) is 12.0 Å². The normalized spacial score (nSPS) is 7.50. The molecule has 0 radical (unpaired) electrons. The van der Waals surface area contributed by atoms with Crippen LogP contribution < -0.4 is 5.73 Å². The topological polar surface area (TPSA) is 26.0 Å². The molecule has 0 saturated carbocycles. The molecule has 0 aliphatic carbocycles. The summed E-state index contributed by atoms with van der Waals surface area (Å²) in [5, 5.41) is 0. The Morgan fingerprint density at radius 3 is 2.50 bits per heavy atom. The van der Waals surface area contributed by atoms with E-state index >= 15 is 0 Å². The summed E-state index contributed by atoms with van der Waals surface area (Å²) in [6.07, 6.45) is 3.53. The second-order valence-electron chi connectivity index (χ2n) is 0.789. The van der Waals surface area contributed by atoms with Gasteiger partial charge < -0.3 is 5.73 Å². The molecular weight excluding hydrogens is 74.1 g/mol. The Kier molecular flexibility index (Phi) is 3.48. The molecule has 0 aromatic rings. The van der Waals surface area contributed by atoms with Gasteiger partial charge in [-0.25, -0.2) is 0 Å². The van der Waals surface area contributed by atoms with Gasteiger partial charge in [0, 0.05) is 6.04 Å². The van der Waals surface area contributed by atoms with Crippen LogP contribution in [0, 0.1) is 12.0 Å². The van der Waals surface area contributed by atoms with E-state index in [2.05, 4.69) is 12.0 Å². The minimum atomic E-state index is 1.69. The zero-order valence-electron chi connectivity index (χ0n) is 3.73. The Morgan fingerprint density at radius 2 is 2.33 bits per heavy atom. The third kappa shape index (κ3) is 3.10. The molecule has 0 saturated heterocycles. The van der Waals surface area contributed by atoms with E-state index in [9.17, 15) is 0 Å². The van der Waals surface area contributed by atoms with Crippen molar-refractivity contribution in [2.24, 2.45) is 5.73 Å². The third-order valence-electron chi connectivity index (χ3n) is 0.333. The van der Waals surface area contributed by atoms with Gasteiger partial charge in [-0.05, 0) is 13.0 Å². The van der Waals surface area contributed by atoms with Crippen molar-refractivity contribution in [3.63, 3.8) is 0 Å². The van der Waals surface area contributed by atoms with Crippen molar-refractivity contribution in [3.05, 3.63) is 12.2 Å². The van der Waals surface area contributed by atoms with Gasteiger partial charge >= 0.3 is 0 Å². The first-order chi connectivity index (χ1) is 2.91. The van der Waals surface area contributed by atoms with Crippen molar-refractivity contribution in [2.45, 2.75) is 6.92 Å². The summed E-state index contributed by atoms with van der Waals surface area (Å²) in [6, 6.07) is 2.23. The molecule has 0 spiro atoms. The monoisotopic (exact) mass is 81.1 g/mol. The van der Waals surface area contributed by atoms with Crippen LogP contribution in [0.2, 0.25) is 0 Å². The van der Waals surface area contributed by atoms with Crippen molar-refractivity contribution in [2.75, 3.05) is 0 Å². The molecule has 0 bridgehead atoms. The summed E-state index contributed by atoms with van der Waals surface area (Å²) >= 11 is 0. The summed E-state index contributed by atoms with van der Waals surface area (Å²) in [6.45, 7) is 1.89. The Balaban J connectivity index is 3.24. The lowest BCUT2D eigenvalue weighted by Gasteiger charge is -1.56. The van der Waals surface area contributed by atoms with E-state index < -0.39 is 0 Å². The van der Waals surface area contributed by atoms with Crippen molar-refractivity contribution < 1.29 is 0 Å². The second kappa shape index (κ2) is 4.10. The third-order valence-corrected chi connectivity index (χ3v) is 0.333. The van der Waals surface area contributed by atoms with Crippen LogP contribution in [0.15, 0.2) is 12.2 Å². The van der Waals surface area contributed by atoms with Gasteiger partial charge in [0.2, 0.25) is 0 Å². The van der Waals surface area contributed by atoms with Crippen LogP contribution in [-0.4, -0.2) is 0 Å². The summed E-state index contributed by atoms with van der Waals surface area (Å²) in [4.78, 5) is 0. The van der Waals surface area contributed by atoms with E-state index in [0.29, 0.717) is 0 Å². The van der Waals surface area contributed by atoms with Gasteiger partial charge in [-0.1, -0.05) is 12.0 Å². The first-order valence-electron chi connectivity index (χ1n) is 1.74. The number of hydrogen-bond donors (Lipinski definition) is 1. The van der Waals surface area contributed by atoms with Crippen LogP contribution in [0.25, 0.3) is 0 Å². The van der Waals surface area contributed by atoms with Gasteiger partial charge in [-0.2, -0.15) is 0 Å². The highest BCUT2D eigenvalue weighted by Crippen LogP contribution is 1.59. The molecule has 0 amide bonds. The molecule has 0 fully saturated rings. The van der Waals surface area contributed by atoms with Gasteiger partial charge in [-0.15, -0.1) is 0 Å². The zero-order chi connectivity index (χ0) is 4.83. The highest BCUT2D eigenvalue weighted by molar-refractivity contribution is 5.11. The molecule has 2 N–H and O–H groups in total. The lowest BCUT2D eigenvalue weighted by molar-refractivity contribution is 1.72. The second-order valence-corrected chi connectivity index (χ2v) is 0.789. The van der Waals surface area contributed by atoms with E-state index in [1.54, 1.807) is 6.08 Å². The maximum atomic E-state index is 4.80. The molecule has 0 aromatic heterocycles. The fraction of sp³-hybridized carbons (Fsp3) is 0.200. The van der Waals surface area contributed by atoms with E-state index in [1.165, 1.54) is 0 Å². The molecule has 0 atom stereocenters. The summed E-state index contributed by atoms with van der Waals surface area (Å²) in [5.41, 5.74) is 4.80. The summed E-state index contributed by atoms with van der Waals surface area (Å²) in [7, 11) is 0. The van der Waals surface area contributed by atoms with Gasteiger partial charge in [0.05, 0.1) is 0 Å². The van der Waals surface area contributed by atoms with Gasteiger partial charge in [-0.3, -0.25) is 0 Å². The molecule has 1 heteroatoms. The van der Waals surface area contributed by atoms with Crippen LogP contribution in [-0.2, 0) is 0 Å². The fourth-order valence-electron chi connectivity index (χ4n) is 0.131. The average Bonchev–Trinajstić information content (AvgIpc) is 1.61. The zero-order valence-corrected chi connectivity index (χ0v) is 3.73. The lowest BCUT2D eigenvalue weighted by Crippen LogP contribution is -1.73. The molecule has 0 aromatic carbocycles. The Morgan fingerprint density at radius 1 is 1.67 bits per heavy atom. The number of rotatable bonds is 0. The summed E-state index contributed by atoms with van der Waals surface area (Å²) in [5.74, 6) is 2.55. The maximum Gasteiger partial charge on any atom is 0.00635 e. The molecule has 32 valence electrons. The van der Waals surface area contributed by atoms with E-state index in [0.717, 1.165) is 0 Å². The smallest absolute Gasteiger partial charge is 0.00635 e. The van der Waals surface area contributed by atoms with Crippen molar-refractivity contribution in [1.82, 2.24) is 0 Å². The van der Waals surface area contributed by atoms with E-state index in [-0.39, 0.29) is 0 Å². The number of nitrogens with two attached hydrogens (primary N) is 1. The fourth-order valence-corrected chi connectivity index (χ4v) is 0.131. The van der Waals surface area contributed by atoms with Gasteiger partial charge in [0.1, 0.15) is 0 Å². The van der Waals surface area contributed by atoms with Crippen LogP contribution in [0.3, 0.4) is 0 Å². The molecular formula is C5H7N. The molecule has 0 aliphatic rings. The summed E-state index contributed by atoms with van der Waals surface area (Å²) < 4.78 is 0. The van der Waals surface area contributed by atoms with Crippen molar-refractivity contribution >= 4 is 0 Å². The minimum Gasteiger partial charge on any atom is -0.359 e. The van der Waals surface area contributed by atoms with Crippen LogP contribution in [0.5, 0.6) is 0 Å². The van der Waals surface area contributed by atoms with Crippen LogP contribution in [0.1, 0.15) is 6.92 Å². The quantitative estimate of drug-likeness (QED) is 0.333. The molecule has 0 rings (SSSR count). The average molecular weight is 81.1 g/mol. The Hall–Kier alpha value is -0.900. The van der Waals surface area contributed by atoms with E-state index in [1.807, 2.05) is 13.0 Å². The highest BCUT2D eigenvalue weighted by Gasteiger charge is 1.45. The minimum absolute atomic E-state index is 1.69. The first-order valence-corrected chi connectivity index (χ1v) is 1.74. The van der Waals surface area contributed by atoms with Gasteiger partial charge in [0.15, 0.2) is 0 Å². The molecule has 0 aliphatic heterocycles. The number of allylic oxidation sites excluding steroid dienone is 2. The van der Waals surface area contributed by atoms with Crippen LogP contribution >= 0.6 is 0 Å². The molecule has 6 heavy (non-hydrogen) atoms. The molecule has 0 unspecified atom stereocenters. The Bertz CT molecular complexity index is 92.2.